The van der Waals surface area contributed by atoms with Crippen LogP contribution in [0.3, 0.4) is 0 Å². The number of hydrogen-bond acceptors (Lipinski definition) is 5. The summed E-state index contributed by atoms with van der Waals surface area (Å²) >= 11 is 3.31. The molecular weight excluding hydrogens is 356 g/mol. The number of rotatable bonds is 5. The maximum atomic E-state index is 5.50. The van der Waals surface area contributed by atoms with Crippen LogP contribution in [0.4, 0.5) is 5.82 Å². The second kappa shape index (κ2) is 6.91. The van der Waals surface area contributed by atoms with Crippen molar-refractivity contribution in [3.63, 3.8) is 0 Å². The van der Waals surface area contributed by atoms with Crippen LogP contribution in [0.25, 0.3) is 11.4 Å². The lowest BCUT2D eigenvalue weighted by molar-refractivity contribution is 0.491. The molecule has 0 saturated carbocycles. The molecule has 5 nitrogen and oxygen atoms in total. The van der Waals surface area contributed by atoms with E-state index in [0.29, 0.717) is 5.82 Å². The molecule has 3 heterocycles. The zero-order chi connectivity index (χ0) is 16.2. The number of furan rings is 1. The second-order valence-electron chi connectivity index (χ2n) is 5.23. The predicted octanol–water partition coefficient (Wildman–Crippen LogP) is 4.17. The van der Waals surface area contributed by atoms with Crippen molar-refractivity contribution in [3.8, 4) is 11.4 Å². The van der Waals surface area contributed by atoms with Crippen LogP contribution >= 0.6 is 15.9 Å². The number of pyridine rings is 1. The van der Waals surface area contributed by atoms with Gasteiger partial charge in [0.2, 0.25) is 0 Å². The Bertz CT molecular complexity index is 802. The summed E-state index contributed by atoms with van der Waals surface area (Å²) in [5, 5.41) is 3.37. The van der Waals surface area contributed by atoms with Crippen molar-refractivity contribution in [1.82, 2.24) is 15.0 Å². The number of aromatic nitrogens is 3. The lowest BCUT2D eigenvalue weighted by Crippen LogP contribution is -2.10. The Morgan fingerprint density at radius 3 is 2.74 bits per heavy atom. The largest absolute Gasteiger partial charge is 0.454 e. The van der Waals surface area contributed by atoms with Crippen LogP contribution in [0, 0.1) is 13.8 Å². The van der Waals surface area contributed by atoms with Crippen LogP contribution in [-0.2, 0) is 6.42 Å². The summed E-state index contributed by atoms with van der Waals surface area (Å²) in [7, 11) is 0. The zero-order valence-corrected chi connectivity index (χ0v) is 14.6. The van der Waals surface area contributed by atoms with Crippen molar-refractivity contribution in [2.24, 2.45) is 0 Å². The summed E-state index contributed by atoms with van der Waals surface area (Å²) in [6.07, 6.45) is 4.30. The molecule has 0 bridgehead atoms. The Kier molecular flexibility index (Phi) is 4.71. The SMILES string of the molecule is Cc1nc(-c2cccnc2)nc(NCCc2ccc(Br)o2)c1C. The van der Waals surface area contributed by atoms with Gasteiger partial charge in [0.05, 0.1) is 0 Å². The Hall–Kier alpha value is -2.21. The summed E-state index contributed by atoms with van der Waals surface area (Å²) in [6, 6.07) is 7.71. The molecule has 0 aliphatic rings. The Balaban J connectivity index is 1.77. The number of nitrogens with one attached hydrogen (secondary N) is 1. The number of nitrogens with zero attached hydrogens (tertiary/aromatic N) is 3. The van der Waals surface area contributed by atoms with Crippen LogP contribution in [0.5, 0.6) is 0 Å². The molecule has 0 saturated heterocycles. The highest BCUT2D eigenvalue weighted by Crippen LogP contribution is 2.21. The number of anilines is 1. The molecular formula is C17H17BrN4O. The van der Waals surface area contributed by atoms with E-state index in [1.165, 1.54) is 0 Å². The molecule has 0 unspecified atom stereocenters. The molecule has 3 rings (SSSR count). The fraction of sp³-hybridized carbons (Fsp3) is 0.235. The summed E-state index contributed by atoms with van der Waals surface area (Å²) in [4.78, 5) is 13.3. The Morgan fingerprint density at radius 2 is 2.04 bits per heavy atom. The molecule has 0 amide bonds. The van der Waals surface area contributed by atoms with Gasteiger partial charge >= 0.3 is 0 Å². The quantitative estimate of drug-likeness (QED) is 0.728. The van der Waals surface area contributed by atoms with E-state index in [9.17, 15) is 0 Å². The lowest BCUT2D eigenvalue weighted by Gasteiger charge is -2.12. The number of halogens is 1. The predicted molar refractivity (Wildman–Crippen MR) is 93.3 cm³/mol. The standard InChI is InChI=1S/C17H17BrN4O/c1-11-12(2)21-17(13-4-3-8-19-10-13)22-16(11)20-9-7-14-5-6-15(18)23-14/h3-6,8,10H,7,9H2,1-2H3,(H,20,21,22). The summed E-state index contributed by atoms with van der Waals surface area (Å²) in [6.45, 7) is 4.75. The smallest absolute Gasteiger partial charge is 0.169 e. The molecule has 0 radical (unpaired) electrons. The van der Waals surface area contributed by atoms with Gasteiger partial charge < -0.3 is 9.73 Å². The van der Waals surface area contributed by atoms with Crippen molar-refractivity contribution in [3.05, 3.63) is 58.3 Å². The number of hydrogen-bond donors (Lipinski definition) is 1. The van der Waals surface area contributed by atoms with Crippen LogP contribution in [0.15, 0.2) is 45.7 Å². The minimum atomic E-state index is 0.685. The van der Waals surface area contributed by atoms with Gasteiger partial charge in [0.15, 0.2) is 10.5 Å². The van der Waals surface area contributed by atoms with Gasteiger partial charge in [0.25, 0.3) is 0 Å². The van der Waals surface area contributed by atoms with Crippen molar-refractivity contribution < 1.29 is 4.42 Å². The van der Waals surface area contributed by atoms with Gasteiger partial charge in [-0.3, -0.25) is 4.98 Å². The van der Waals surface area contributed by atoms with Crippen LogP contribution in [0.1, 0.15) is 17.0 Å². The Labute approximate surface area is 143 Å². The Morgan fingerprint density at radius 1 is 1.17 bits per heavy atom. The maximum Gasteiger partial charge on any atom is 0.169 e. The minimum absolute atomic E-state index is 0.685. The molecule has 0 spiro atoms. The average molecular weight is 373 g/mol. The van der Waals surface area contributed by atoms with Crippen LogP contribution in [-0.4, -0.2) is 21.5 Å². The molecule has 1 N–H and O–H groups in total. The van der Waals surface area contributed by atoms with E-state index in [1.807, 2.05) is 38.1 Å². The van der Waals surface area contributed by atoms with Crippen molar-refractivity contribution in [1.29, 1.82) is 0 Å². The highest BCUT2D eigenvalue weighted by Gasteiger charge is 2.10. The average Bonchev–Trinajstić information content (AvgIpc) is 2.97. The first-order valence-corrected chi connectivity index (χ1v) is 8.16. The van der Waals surface area contributed by atoms with E-state index < -0.39 is 0 Å². The van der Waals surface area contributed by atoms with E-state index in [4.69, 9.17) is 4.42 Å². The molecule has 118 valence electrons. The fourth-order valence-electron chi connectivity index (χ4n) is 2.22. The molecule has 0 aliphatic carbocycles. The minimum Gasteiger partial charge on any atom is -0.454 e. The van der Waals surface area contributed by atoms with Crippen LogP contribution in [0.2, 0.25) is 0 Å². The van der Waals surface area contributed by atoms with Gasteiger partial charge in [-0.25, -0.2) is 9.97 Å². The second-order valence-corrected chi connectivity index (χ2v) is 6.01. The highest BCUT2D eigenvalue weighted by molar-refractivity contribution is 9.10. The molecule has 0 aliphatic heterocycles. The molecule has 0 atom stereocenters. The third-order valence-electron chi connectivity index (χ3n) is 3.60. The molecule has 3 aromatic rings. The first-order valence-electron chi connectivity index (χ1n) is 7.37. The molecule has 0 aromatic carbocycles. The highest BCUT2D eigenvalue weighted by atomic mass is 79.9. The molecule has 23 heavy (non-hydrogen) atoms. The fourth-order valence-corrected chi connectivity index (χ4v) is 2.56. The van der Waals surface area contributed by atoms with Gasteiger partial charge in [0, 0.05) is 42.2 Å². The first-order chi connectivity index (χ1) is 11.1. The molecule has 6 heteroatoms. The van der Waals surface area contributed by atoms with E-state index in [1.54, 1.807) is 12.4 Å². The number of aryl methyl sites for hydroxylation is 1. The van der Waals surface area contributed by atoms with Gasteiger partial charge in [-0.2, -0.15) is 0 Å². The normalized spacial score (nSPS) is 10.7. The summed E-state index contributed by atoms with van der Waals surface area (Å²) in [5.74, 6) is 2.46. The van der Waals surface area contributed by atoms with E-state index in [0.717, 1.165) is 46.0 Å². The summed E-state index contributed by atoms with van der Waals surface area (Å²) < 4.78 is 6.25. The lowest BCUT2D eigenvalue weighted by atomic mass is 10.2. The van der Waals surface area contributed by atoms with Crippen molar-refractivity contribution >= 4 is 21.7 Å². The van der Waals surface area contributed by atoms with Gasteiger partial charge in [-0.15, -0.1) is 0 Å². The third kappa shape index (κ3) is 3.76. The van der Waals surface area contributed by atoms with Gasteiger partial charge in [-0.05, 0) is 54.0 Å². The van der Waals surface area contributed by atoms with Gasteiger partial charge in [-0.1, -0.05) is 0 Å². The third-order valence-corrected chi connectivity index (χ3v) is 4.03. The zero-order valence-electron chi connectivity index (χ0n) is 13.0. The van der Waals surface area contributed by atoms with Crippen molar-refractivity contribution in [2.75, 3.05) is 11.9 Å². The summed E-state index contributed by atoms with van der Waals surface area (Å²) in [5.41, 5.74) is 2.92. The molecule has 0 fully saturated rings. The maximum absolute atomic E-state index is 5.50. The monoisotopic (exact) mass is 372 g/mol. The van der Waals surface area contributed by atoms with E-state index >= 15 is 0 Å². The van der Waals surface area contributed by atoms with E-state index in [2.05, 4.69) is 36.2 Å². The van der Waals surface area contributed by atoms with E-state index in [-0.39, 0.29) is 0 Å². The van der Waals surface area contributed by atoms with Crippen LogP contribution < -0.4 is 5.32 Å². The van der Waals surface area contributed by atoms with Crippen molar-refractivity contribution in [2.45, 2.75) is 20.3 Å². The first kappa shape index (κ1) is 15.7. The molecule has 3 aromatic heterocycles. The topological polar surface area (TPSA) is 63.8 Å². The van der Waals surface area contributed by atoms with Gasteiger partial charge in [0.1, 0.15) is 11.6 Å².